The molecule has 0 aliphatic heterocycles. The fourth-order valence-corrected chi connectivity index (χ4v) is 4.52. The summed E-state index contributed by atoms with van der Waals surface area (Å²) in [6.07, 6.45) is 0.411. The minimum atomic E-state index is -0.665. The van der Waals surface area contributed by atoms with E-state index in [1.165, 1.54) is 11.8 Å². The Balaban J connectivity index is 1.89. The molecule has 0 radical (unpaired) electrons. The quantitative estimate of drug-likeness (QED) is 0.354. The maximum Gasteiger partial charge on any atom is 0.243 e. The van der Waals surface area contributed by atoms with Crippen molar-refractivity contribution in [1.29, 1.82) is 0 Å². The number of hydrogen-bond donors (Lipinski definition) is 1. The summed E-state index contributed by atoms with van der Waals surface area (Å²) in [6.45, 7) is 2.60. The van der Waals surface area contributed by atoms with Crippen molar-refractivity contribution in [2.75, 3.05) is 12.3 Å². The van der Waals surface area contributed by atoms with Gasteiger partial charge < -0.3 is 10.2 Å². The number of thioether (sulfide) groups is 1. The van der Waals surface area contributed by atoms with E-state index < -0.39 is 6.04 Å². The molecule has 3 aromatic carbocycles. The van der Waals surface area contributed by atoms with Crippen molar-refractivity contribution in [3.8, 4) is 0 Å². The molecule has 172 valence electrons. The minimum absolute atomic E-state index is 0.137. The van der Waals surface area contributed by atoms with Crippen LogP contribution < -0.4 is 5.32 Å². The van der Waals surface area contributed by atoms with Crippen LogP contribution in [-0.4, -0.2) is 35.1 Å². The maximum atomic E-state index is 13.5. The fraction of sp³-hybridized carbons (Fsp3) is 0.231. The van der Waals surface area contributed by atoms with Gasteiger partial charge >= 0.3 is 0 Å². The van der Waals surface area contributed by atoms with E-state index in [9.17, 15) is 9.59 Å². The van der Waals surface area contributed by atoms with Crippen LogP contribution in [0.25, 0.3) is 0 Å². The number of likely N-dealkylation sites (N-methyl/N-ethyl adjacent to an activating group) is 1. The Morgan fingerprint density at radius 1 is 0.939 bits per heavy atom. The number of benzene rings is 3. The van der Waals surface area contributed by atoms with Gasteiger partial charge in [0.1, 0.15) is 6.04 Å². The van der Waals surface area contributed by atoms with Gasteiger partial charge in [-0.15, -0.1) is 11.8 Å². The topological polar surface area (TPSA) is 49.4 Å². The van der Waals surface area contributed by atoms with Gasteiger partial charge in [0.15, 0.2) is 0 Å². The molecule has 0 aliphatic rings. The smallest absolute Gasteiger partial charge is 0.243 e. The summed E-state index contributed by atoms with van der Waals surface area (Å²) in [6, 6.07) is 23.8. The van der Waals surface area contributed by atoms with E-state index in [-0.39, 0.29) is 24.1 Å². The Bertz CT molecular complexity index is 1060. The van der Waals surface area contributed by atoms with Gasteiger partial charge in [0.05, 0.1) is 5.75 Å². The van der Waals surface area contributed by atoms with Gasteiger partial charge in [-0.2, -0.15) is 0 Å². The molecule has 4 nitrogen and oxygen atoms in total. The van der Waals surface area contributed by atoms with Crippen LogP contribution in [-0.2, 0) is 22.6 Å². The summed E-state index contributed by atoms with van der Waals surface area (Å²) in [5.41, 5.74) is 1.78. The van der Waals surface area contributed by atoms with Gasteiger partial charge in [0.25, 0.3) is 0 Å². The Morgan fingerprint density at radius 2 is 1.61 bits per heavy atom. The number of halogens is 2. The fourth-order valence-electron chi connectivity index (χ4n) is 3.41. The molecule has 0 heterocycles. The SMILES string of the molecule is CCNC(=O)[C@H](Cc1ccccc1)N(Cc1ccccc1Cl)C(=O)CSc1ccc(Cl)cc1. The molecule has 0 saturated carbocycles. The number of nitrogens with zero attached hydrogens (tertiary/aromatic N) is 1. The zero-order chi connectivity index (χ0) is 23.6. The van der Waals surface area contributed by atoms with Crippen molar-refractivity contribution in [2.24, 2.45) is 0 Å². The molecule has 7 heteroatoms. The third kappa shape index (κ3) is 7.53. The normalized spacial score (nSPS) is 11.6. The number of amides is 2. The van der Waals surface area contributed by atoms with E-state index in [1.54, 1.807) is 23.1 Å². The molecule has 0 spiro atoms. The highest BCUT2D eigenvalue weighted by atomic mass is 35.5. The predicted molar refractivity (Wildman–Crippen MR) is 137 cm³/mol. The molecule has 0 fully saturated rings. The second kappa shape index (κ2) is 12.7. The zero-order valence-electron chi connectivity index (χ0n) is 18.3. The van der Waals surface area contributed by atoms with Crippen LogP contribution in [0.3, 0.4) is 0 Å². The van der Waals surface area contributed by atoms with Crippen LogP contribution in [0, 0.1) is 0 Å². The van der Waals surface area contributed by atoms with Crippen molar-refractivity contribution < 1.29 is 9.59 Å². The van der Waals surface area contributed by atoms with E-state index in [2.05, 4.69) is 5.32 Å². The van der Waals surface area contributed by atoms with Crippen LogP contribution in [0.4, 0.5) is 0 Å². The number of carbonyl (C=O) groups is 2. The van der Waals surface area contributed by atoms with Crippen LogP contribution in [0.15, 0.2) is 83.8 Å². The molecule has 1 atom stereocenters. The van der Waals surface area contributed by atoms with Gasteiger partial charge in [0, 0.05) is 34.5 Å². The lowest BCUT2D eigenvalue weighted by molar-refractivity contribution is -0.139. The Morgan fingerprint density at radius 3 is 2.27 bits per heavy atom. The number of rotatable bonds is 10. The number of nitrogens with one attached hydrogen (secondary N) is 1. The largest absolute Gasteiger partial charge is 0.355 e. The molecule has 0 aromatic heterocycles. The summed E-state index contributed by atoms with van der Waals surface area (Å²) in [4.78, 5) is 29.2. The van der Waals surface area contributed by atoms with E-state index in [0.29, 0.717) is 23.0 Å². The highest BCUT2D eigenvalue weighted by Crippen LogP contribution is 2.24. The summed E-state index contributed by atoms with van der Waals surface area (Å²) in [5.74, 6) is -0.128. The first kappa shape index (κ1) is 25.2. The molecule has 0 unspecified atom stereocenters. The summed E-state index contributed by atoms with van der Waals surface area (Å²) < 4.78 is 0. The lowest BCUT2D eigenvalue weighted by Crippen LogP contribution is -2.51. The van der Waals surface area contributed by atoms with E-state index in [1.807, 2.05) is 67.6 Å². The van der Waals surface area contributed by atoms with Crippen LogP contribution in [0.1, 0.15) is 18.1 Å². The Labute approximate surface area is 209 Å². The highest BCUT2D eigenvalue weighted by molar-refractivity contribution is 8.00. The standard InChI is InChI=1S/C26H26Cl2N2O2S/c1-2-29-26(32)24(16-19-8-4-3-5-9-19)30(17-20-10-6-7-11-23(20)28)25(31)18-33-22-14-12-21(27)13-15-22/h3-15,24H,2,16-18H2,1H3,(H,29,32)/t24-/m0/s1. The lowest BCUT2D eigenvalue weighted by atomic mass is 10.0. The van der Waals surface area contributed by atoms with Crippen molar-refractivity contribution in [2.45, 2.75) is 30.8 Å². The van der Waals surface area contributed by atoms with Gasteiger partial charge in [-0.25, -0.2) is 0 Å². The van der Waals surface area contributed by atoms with Crippen LogP contribution in [0.5, 0.6) is 0 Å². The molecule has 2 amide bonds. The first-order chi connectivity index (χ1) is 16.0. The van der Waals surface area contributed by atoms with Crippen molar-refractivity contribution in [3.05, 3.63) is 100 Å². The molecular formula is C26H26Cl2N2O2S. The summed E-state index contributed by atoms with van der Waals surface area (Å²) in [5, 5.41) is 4.10. The molecular weight excluding hydrogens is 475 g/mol. The Kier molecular flexibility index (Phi) is 9.67. The summed E-state index contributed by atoms with van der Waals surface area (Å²) >= 11 is 13.8. The number of carbonyl (C=O) groups excluding carboxylic acids is 2. The highest BCUT2D eigenvalue weighted by Gasteiger charge is 2.30. The predicted octanol–water partition coefficient (Wildman–Crippen LogP) is 5.86. The van der Waals surface area contributed by atoms with Gasteiger partial charge in [-0.3, -0.25) is 9.59 Å². The van der Waals surface area contributed by atoms with E-state index in [4.69, 9.17) is 23.2 Å². The Hall–Kier alpha value is -2.47. The van der Waals surface area contributed by atoms with Gasteiger partial charge in [0.2, 0.25) is 11.8 Å². The molecule has 0 aliphatic carbocycles. The first-order valence-corrected chi connectivity index (χ1v) is 12.4. The zero-order valence-corrected chi connectivity index (χ0v) is 20.7. The lowest BCUT2D eigenvalue weighted by Gasteiger charge is -2.31. The maximum absolute atomic E-state index is 13.5. The average Bonchev–Trinajstić information content (AvgIpc) is 2.82. The molecule has 3 aromatic rings. The van der Waals surface area contributed by atoms with Gasteiger partial charge in [-0.05, 0) is 48.4 Å². The van der Waals surface area contributed by atoms with Gasteiger partial charge in [-0.1, -0.05) is 71.7 Å². The van der Waals surface area contributed by atoms with Crippen molar-refractivity contribution >= 4 is 46.8 Å². The minimum Gasteiger partial charge on any atom is -0.355 e. The number of hydrogen-bond acceptors (Lipinski definition) is 3. The molecule has 3 rings (SSSR count). The molecule has 0 saturated heterocycles. The van der Waals surface area contributed by atoms with Crippen LogP contribution >= 0.6 is 35.0 Å². The monoisotopic (exact) mass is 500 g/mol. The first-order valence-electron chi connectivity index (χ1n) is 10.7. The second-order valence-electron chi connectivity index (χ2n) is 7.46. The van der Waals surface area contributed by atoms with Crippen LogP contribution in [0.2, 0.25) is 10.0 Å². The molecule has 33 heavy (non-hydrogen) atoms. The average molecular weight is 501 g/mol. The van der Waals surface area contributed by atoms with E-state index in [0.717, 1.165) is 16.0 Å². The van der Waals surface area contributed by atoms with E-state index >= 15 is 0 Å². The van der Waals surface area contributed by atoms with Crippen molar-refractivity contribution in [1.82, 2.24) is 10.2 Å². The molecule has 1 N–H and O–H groups in total. The summed E-state index contributed by atoms with van der Waals surface area (Å²) in [7, 11) is 0. The van der Waals surface area contributed by atoms with Crippen molar-refractivity contribution in [3.63, 3.8) is 0 Å². The third-order valence-electron chi connectivity index (χ3n) is 5.10. The third-order valence-corrected chi connectivity index (χ3v) is 6.71. The second-order valence-corrected chi connectivity index (χ2v) is 9.35. The molecule has 0 bridgehead atoms.